The number of aromatic nitrogens is 1. The molecule has 0 spiro atoms. The van der Waals surface area contributed by atoms with E-state index in [0.29, 0.717) is 15.7 Å². The van der Waals surface area contributed by atoms with Gasteiger partial charge in [0, 0.05) is 18.4 Å². The molecular weight excluding hydrogens is 394 g/mol. The molecule has 0 unspecified atom stereocenters. The van der Waals surface area contributed by atoms with Crippen molar-refractivity contribution in [2.75, 3.05) is 11.9 Å². The lowest BCUT2D eigenvalue weighted by Gasteiger charge is -2.06. The van der Waals surface area contributed by atoms with Gasteiger partial charge in [0.05, 0.1) is 20.8 Å². The molecule has 5 nitrogen and oxygen atoms in total. The van der Waals surface area contributed by atoms with Crippen LogP contribution < -0.4 is 10.6 Å². The molecule has 0 aliphatic heterocycles. The second-order valence-electron chi connectivity index (χ2n) is 6.19. The number of nitrogens with zero attached hydrogens (tertiary/aromatic N) is 1. The number of rotatable bonds is 5. The molecule has 0 aliphatic carbocycles. The summed E-state index contributed by atoms with van der Waals surface area (Å²) in [6.45, 7) is 0.212. The summed E-state index contributed by atoms with van der Waals surface area (Å²) in [4.78, 5) is 28.9. The Kier molecular flexibility index (Phi) is 5.23. The van der Waals surface area contributed by atoms with Crippen molar-refractivity contribution < 1.29 is 9.59 Å². The maximum atomic E-state index is 12.2. The fourth-order valence-corrected chi connectivity index (χ4v) is 4.05. The van der Waals surface area contributed by atoms with E-state index in [1.807, 2.05) is 36.4 Å². The van der Waals surface area contributed by atoms with Crippen LogP contribution in [0.2, 0.25) is 5.02 Å². The molecule has 140 valence electrons. The van der Waals surface area contributed by atoms with Crippen molar-refractivity contribution in [3.63, 3.8) is 0 Å². The highest BCUT2D eigenvalue weighted by molar-refractivity contribution is 7.22. The van der Waals surface area contributed by atoms with Crippen LogP contribution in [0, 0.1) is 0 Å². The normalized spacial score (nSPS) is 10.9. The molecule has 28 heavy (non-hydrogen) atoms. The summed E-state index contributed by atoms with van der Waals surface area (Å²) in [5.74, 6) is -0.507. The van der Waals surface area contributed by atoms with E-state index >= 15 is 0 Å². The van der Waals surface area contributed by atoms with Gasteiger partial charge in [-0.1, -0.05) is 65.4 Å². The van der Waals surface area contributed by atoms with Crippen molar-refractivity contribution in [1.29, 1.82) is 0 Å². The topological polar surface area (TPSA) is 71.1 Å². The Hall–Kier alpha value is -2.96. The number of amides is 2. The van der Waals surface area contributed by atoms with Crippen LogP contribution in [-0.2, 0) is 4.79 Å². The summed E-state index contributed by atoms with van der Waals surface area (Å²) in [6, 6.07) is 18.9. The molecule has 4 rings (SSSR count). The summed E-state index contributed by atoms with van der Waals surface area (Å²) >= 11 is 7.43. The van der Waals surface area contributed by atoms with Crippen molar-refractivity contribution in [3.8, 4) is 0 Å². The molecule has 0 saturated heterocycles. The molecule has 2 amide bonds. The fourth-order valence-electron chi connectivity index (χ4n) is 2.93. The van der Waals surface area contributed by atoms with Crippen LogP contribution in [0.1, 0.15) is 16.8 Å². The molecule has 1 heterocycles. The molecule has 0 fully saturated rings. The first kappa shape index (κ1) is 18.4. The van der Waals surface area contributed by atoms with E-state index in [1.54, 1.807) is 24.3 Å². The monoisotopic (exact) mass is 409 g/mol. The van der Waals surface area contributed by atoms with E-state index in [0.717, 1.165) is 21.0 Å². The highest BCUT2D eigenvalue weighted by atomic mass is 35.5. The van der Waals surface area contributed by atoms with Gasteiger partial charge in [-0.2, -0.15) is 0 Å². The number of fused-ring (bicyclic) bond motifs is 3. The third kappa shape index (κ3) is 3.83. The smallest absolute Gasteiger partial charge is 0.252 e. The van der Waals surface area contributed by atoms with Crippen LogP contribution in [0.3, 0.4) is 0 Å². The van der Waals surface area contributed by atoms with E-state index in [2.05, 4.69) is 15.6 Å². The van der Waals surface area contributed by atoms with Gasteiger partial charge in [-0.25, -0.2) is 4.98 Å². The maximum Gasteiger partial charge on any atom is 0.252 e. The van der Waals surface area contributed by atoms with Gasteiger partial charge in [0.2, 0.25) is 5.91 Å². The number of thiazole rings is 1. The molecule has 1 aromatic heterocycles. The first-order chi connectivity index (χ1) is 13.6. The second-order valence-corrected chi connectivity index (χ2v) is 7.62. The number of hydrogen-bond donors (Lipinski definition) is 2. The Morgan fingerprint density at radius 2 is 1.79 bits per heavy atom. The summed E-state index contributed by atoms with van der Waals surface area (Å²) < 4.78 is 1.01. The third-order valence-electron chi connectivity index (χ3n) is 4.29. The van der Waals surface area contributed by atoms with Crippen LogP contribution in [0.15, 0.2) is 60.7 Å². The van der Waals surface area contributed by atoms with E-state index < -0.39 is 0 Å². The van der Waals surface area contributed by atoms with Gasteiger partial charge in [0.25, 0.3) is 5.91 Å². The average molecular weight is 410 g/mol. The van der Waals surface area contributed by atoms with Gasteiger partial charge >= 0.3 is 0 Å². The number of benzene rings is 3. The van der Waals surface area contributed by atoms with Crippen molar-refractivity contribution in [2.45, 2.75) is 6.42 Å². The number of anilines is 1. The predicted octanol–water partition coefficient (Wildman–Crippen LogP) is 4.86. The van der Waals surface area contributed by atoms with Crippen LogP contribution in [0.5, 0.6) is 0 Å². The van der Waals surface area contributed by atoms with Crippen molar-refractivity contribution in [3.05, 3.63) is 71.2 Å². The standard InChI is InChI=1S/C21H16ClN3O2S/c22-16-8-4-3-7-15(16)20(27)23-12-11-18(26)24-21-25-19-14-6-2-1-5-13(14)9-10-17(19)28-21/h1-10H,11-12H2,(H,23,27)(H,24,25,26). The van der Waals surface area contributed by atoms with Gasteiger partial charge in [0.15, 0.2) is 5.13 Å². The highest BCUT2D eigenvalue weighted by Gasteiger charge is 2.12. The number of carbonyl (C=O) groups is 2. The quantitative estimate of drug-likeness (QED) is 0.494. The summed E-state index contributed by atoms with van der Waals surface area (Å²) in [7, 11) is 0. The van der Waals surface area contributed by atoms with E-state index in [-0.39, 0.29) is 24.8 Å². The van der Waals surface area contributed by atoms with E-state index in [9.17, 15) is 9.59 Å². The largest absolute Gasteiger partial charge is 0.351 e. The molecule has 0 saturated carbocycles. The Labute approximate surface area is 170 Å². The van der Waals surface area contributed by atoms with Gasteiger partial charge in [-0.05, 0) is 23.6 Å². The zero-order chi connectivity index (χ0) is 19.5. The van der Waals surface area contributed by atoms with Gasteiger partial charge in [-0.15, -0.1) is 0 Å². The molecule has 4 aromatic rings. The molecular formula is C21H16ClN3O2S. The summed E-state index contributed by atoms with van der Waals surface area (Å²) in [5, 5.41) is 8.62. The first-order valence-corrected chi connectivity index (χ1v) is 9.92. The summed E-state index contributed by atoms with van der Waals surface area (Å²) in [6.07, 6.45) is 0.146. The predicted molar refractivity (Wildman–Crippen MR) is 114 cm³/mol. The lowest BCUT2D eigenvalue weighted by molar-refractivity contribution is -0.116. The van der Waals surface area contributed by atoms with Crippen molar-refractivity contribution in [1.82, 2.24) is 10.3 Å². The Bertz CT molecular complexity index is 1190. The van der Waals surface area contributed by atoms with E-state index in [1.165, 1.54) is 11.3 Å². The SMILES string of the molecule is O=C(CCNC(=O)c1ccccc1Cl)Nc1nc2c(ccc3ccccc32)s1. The zero-order valence-corrected chi connectivity index (χ0v) is 16.3. The molecule has 0 radical (unpaired) electrons. The van der Waals surface area contributed by atoms with Crippen LogP contribution in [-0.4, -0.2) is 23.3 Å². The number of carbonyl (C=O) groups excluding carboxylic acids is 2. The van der Waals surface area contributed by atoms with Crippen molar-refractivity contribution >= 4 is 60.9 Å². The van der Waals surface area contributed by atoms with E-state index in [4.69, 9.17) is 11.6 Å². The molecule has 3 aromatic carbocycles. The van der Waals surface area contributed by atoms with Gasteiger partial charge in [0.1, 0.15) is 0 Å². The number of nitrogens with one attached hydrogen (secondary N) is 2. The van der Waals surface area contributed by atoms with Crippen LogP contribution >= 0.6 is 22.9 Å². The Morgan fingerprint density at radius 3 is 2.64 bits per heavy atom. The second kappa shape index (κ2) is 7.96. The number of hydrogen-bond acceptors (Lipinski definition) is 4. The minimum absolute atomic E-state index is 0.146. The van der Waals surface area contributed by atoms with Crippen molar-refractivity contribution in [2.24, 2.45) is 0 Å². The minimum Gasteiger partial charge on any atom is -0.351 e. The molecule has 0 aliphatic rings. The molecule has 2 N–H and O–H groups in total. The summed E-state index contributed by atoms with van der Waals surface area (Å²) in [5.41, 5.74) is 1.27. The van der Waals surface area contributed by atoms with Gasteiger partial charge in [-0.3, -0.25) is 9.59 Å². The first-order valence-electron chi connectivity index (χ1n) is 8.73. The average Bonchev–Trinajstić information content (AvgIpc) is 3.11. The Balaban J connectivity index is 1.38. The van der Waals surface area contributed by atoms with Crippen LogP contribution in [0.25, 0.3) is 21.0 Å². The third-order valence-corrected chi connectivity index (χ3v) is 5.55. The molecule has 0 atom stereocenters. The minimum atomic E-state index is -0.301. The lowest BCUT2D eigenvalue weighted by atomic mass is 10.1. The fraction of sp³-hybridized carbons (Fsp3) is 0.0952. The van der Waals surface area contributed by atoms with Gasteiger partial charge < -0.3 is 10.6 Å². The lowest BCUT2D eigenvalue weighted by Crippen LogP contribution is -2.27. The Morgan fingerprint density at radius 1 is 1.00 bits per heavy atom. The van der Waals surface area contributed by atoms with Crippen LogP contribution in [0.4, 0.5) is 5.13 Å². The highest BCUT2D eigenvalue weighted by Crippen LogP contribution is 2.31. The molecule has 7 heteroatoms. The maximum absolute atomic E-state index is 12.2. The molecule has 0 bridgehead atoms. The number of halogens is 1. The zero-order valence-electron chi connectivity index (χ0n) is 14.7.